The second-order valence-corrected chi connectivity index (χ2v) is 32.2. The predicted octanol–water partition coefficient (Wildman–Crippen LogP) is 16.9. The lowest BCUT2D eigenvalue weighted by atomic mass is 9.96. The van der Waals surface area contributed by atoms with Crippen LogP contribution in [0.1, 0.15) is 129 Å². The summed E-state index contributed by atoms with van der Waals surface area (Å²) in [4.78, 5) is 113. The van der Waals surface area contributed by atoms with Gasteiger partial charge in [0, 0.05) is 192 Å². The standard InChI is InChI=1S/C28H22N4O3.C28H27N3O4.C25H25NO4.C23H22N2O4/c33-14-6-13-32-23-11-4-2-9-20(23)28(30-32)27-25(35)15-24(34)26(27)21-17-31(18-7-5-12-29-16-18)22-10-3-1-8-19(21)22;32-13-5-12-31-23-9-4-2-7-20(23)28(29-31)27-25(34)16-24(33)26(27)21-17-30(18-10-14-35-15-11-18)22-8-3-1-6-19(21)22;27-22-17-23(28)25-24(22)18-9-7-11-20(15-18)29-13-5-3-1-2-4-6-14-30-21-12-8-10-19(16-21)26-25;1-28-11-5-10-25-14-17(16-13-24-9-8-18(16)25)23-20(27)12-19(26)22(23)15-6-3-4-7-21(15)29-2/h1-5,7-12,16-17,33H,6,13-15H2;1-4,6-9,17-18,32H,5,10-16H2;1-2,7-12,15-16,26H,3-6,13-14,17H2;3-4,6-9,13-14H,5,10-12H2,1-2H3/b;;2-1-;. The van der Waals surface area contributed by atoms with Gasteiger partial charge in [0.05, 0.1) is 102 Å². The number of Topliss-reactive ketones (excluding diaryl/α,β-unsaturated/α-hetero) is 8. The molecule has 4 bridgehead atoms. The van der Waals surface area contributed by atoms with E-state index in [0.29, 0.717) is 136 Å². The zero-order chi connectivity index (χ0) is 89.0. The molecule has 0 unspecified atom stereocenters. The van der Waals surface area contributed by atoms with Crippen molar-refractivity contribution < 1.29 is 72.3 Å². The molecular weight excluding hydrogens is 1630 g/mol. The van der Waals surface area contributed by atoms with Gasteiger partial charge in [0.1, 0.15) is 28.6 Å². The molecule has 129 heavy (non-hydrogen) atoms. The highest BCUT2D eigenvalue weighted by Gasteiger charge is 2.41. The average molecular weight is 1730 g/mol. The third-order valence-electron chi connectivity index (χ3n) is 23.9. The Morgan fingerprint density at radius 2 is 0.953 bits per heavy atom. The number of carbonyl (C=O) groups excluding carboxylic acids is 8. The molecule has 2 aliphatic heterocycles. The molecule has 6 aliphatic rings. The highest BCUT2D eigenvalue weighted by Crippen LogP contribution is 2.46. The number of ether oxygens (including phenoxy) is 5. The molecule has 1 saturated heterocycles. The number of aliphatic hydroxyl groups is 2. The molecule has 25 heteroatoms. The number of benzene rings is 7. The first-order valence-electron chi connectivity index (χ1n) is 43.7. The van der Waals surface area contributed by atoms with Crippen molar-refractivity contribution in [3.63, 3.8) is 0 Å². The van der Waals surface area contributed by atoms with E-state index < -0.39 is 0 Å². The topological polar surface area (TPSA) is 311 Å². The summed E-state index contributed by atoms with van der Waals surface area (Å²) in [5.74, 6) is 0.500. The van der Waals surface area contributed by atoms with E-state index in [1.165, 1.54) is 0 Å². The van der Waals surface area contributed by atoms with Crippen molar-refractivity contribution in [3.8, 4) is 22.9 Å². The van der Waals surface area contributed by atoms with Crippen LogP contribution in [0.15, 0.2) is 249 Å². The highest BCUT2D eigenvalue weighted by atomic mass is 16.5. The molecule has 1 fully saturated rings. The van der Waals surface area contributed by atoms with Crippen LogP contribution in [0, 0.1) is 0 Å². The molecule has 0 spiro atoms. The number of carbonyl (C=O) groups is 8. The number of pyridine rings is 2. The molecule has 25 nitrogen and oxygen atoms in total. The van der Waals surface area contributed by atoms with Gasteiger partial charge >= 0.3 is 0 Å². The van der Waals surface area contributed by atoms with Gasteiger partial charge in [0.25, 0.3) is 0 Å². The van der Waals surface area contributed by atoms with Gasteiger partial charge in [-0.05, 0) is 136 Å². The molecule has 20 rings (SSSR count). The number of allylic oxidation sites excluding steroid dienone is 10. The van der Waals surface area contributed by atoms with Crippen LogP contribution in [0.4, 0.5) is 5.69 Å². The smallest absolute Gasteiger partial charge is 0.187 e. The van der Waals surface area contributed by atoms with Gasteiger partial charge in [0.15, 0.2) is 46.3 Å². The number of hydrogen-bond acceptors (Lipinski definition) is 20. The van der Waals surface area contributed by atoms with E-state index in [1.54, 1.807) is 49.8 Å². The Morgan fingerprint density at radius 1 is 0.434 bits per heavy atom. The van der Waals surface area contributed by atoms with Gasteiger partial charge in [-0.2, -0.15) is 10.2 Å². The van der Waals surface area contributed by atoms with Crippen molar-refractivity contribution >= 4 is 145 Å². The summed E-state index contributed by atoms with van der Waals surface area (Å²) < 4.78 is 37.9. The fourth-order valence-corrected chi connectivity index (χ4v) is 18.0. The monoisotopic (exact) mass is 1720 g/mol. The van der Waals surface area contributed by atoms with Crippen LogP contribution >= 0.6 is 0 Å². The molecule has 0 atom stereocenters. The lowest BCUT2D eigenvalue weighted by Gasteiger charge is -2.24. The molecule has 3 N–H and O–H groups in total. The number of ketones is 8. The lowest BCUT2D eigenvalue weighted by molar-refractivity contribution is -0.121. The molecule has 0 amide bonds. The van der Waals surface area contributed by atoms with E-state index in [4.69, 9.17) is 33.9 Å². The molecule has 652 valence electrons. The van der Waals surface area contributed by atoms with Crippen molar-refractivity contribution in [2.24, 2.45) is 0 Å². The minimum atomic E-state index is -0.222. The Morgan fingerprint density at radius 3 is 1.57 bits per heavy atom. The van der Waals surface area contributed by atoms with Crippen LogP contribution in [0.3, 0.4) is 0 Å². The number of anilines is 1. The number of aromatic nitrogens is 9. The Balaban J connectivity index is 0.000000121. The fraction of sp³-hybridized carbons (Fsp3) is 0.250. The third-order valence-corrected chi connectivity index (χ3v) is 23.9. The Labute approximate surface area is 743 Å². The maximum atomic E-state index is 13.3. The summed E-state index contributed by atoms with van der Waals surface area (Å²) in [5, 5.41) is 35.8. The molecule has 0 saturated carbocycles. The fourth-order valence-electron chi connectivity index (χ4n) is 18.0. The minimum absolute atomic E-state index is 0.0444. The Kier molecular flexibility index (Phi) is 26.6. The first-order valence-corrected chi connectivity index (χ1v) is 43.7. The Hall–Kier alpha value is -14.5. The first kappa shape index (κ1) is 86.6. The number of rotatable bonds is 19. The largest absolute Gasteiger partial charge is 0.496 e. The Bertz CT molecular complexity index is 6880. The van der Waals surface area contributed by atoms with Crippen LogP contribution in [-0.2, 0) is 67.5 Å². The number of nitrogens with zero attached hydrogens (tertiary/aromatic N) is 9. The first-order chi connectivity index (χ1) is 63.2. The summed E-state index contributed by atoms with van der Waals surface area (Å²) in [7, 11) is 3.24. The van der Waals surface area contributed by atoms with Crippen LogP contribution in [0.5, 0.6) is 17.2 Å². The molecule has 4 aliphatic carbocycles. The van der Waals surface area contributed by atoms with E-state index in [1.807, 2.05) is 198 Å². The second kappa shape index (κ2) is 39.6. The molecule has 7 aromatic carbocycles. The molecule has 9 heterocycles. The summed E-state index contributed by atoms with van der Waals surface area (Å²) in [5.41, 5.74) is 14.2. The quantitative estimate of drug-likeness (QED) is 0.0385. The van der Waals surface area contributed by atoms with Crippen molar-refractivity contribution in [3.05, 3.63) is 288 Å². The zero-order valence-corrected chi connectivity index (χ0v) is 71.7. The maximum absolute atomic E-state index is 13.3. The van der Waals surface area contributed by atoms with Crippen LogP contribution in [-0.4, -0.2) is 160 Å². The van der Waals surface area contributed by atoms with Crippen LogP contribution in [0.2, 0.25) is 0 Å². The SMILES string of the molecule is COCCCn1cc(C2=C(c3ccccc3OC)C(=O)CC2=O)c2cnccc21.O=C1CC(=O)C(c2nn(CCCO)c3ccccc23)=C1c1cn(-c2cccnc2)c2ccccc12.O=C1CC(=O)C(c2nn(CCCO)c3ccccc23)=C1c1cn(C2CCOCC2)c2ccccc12.O=C1CC(=O)C2=C1Nc1cccc(c1)OCCC/C=C\CCCOc1cccc2c1. The van der Waals surface area contributed by atoms with Crippen LogP contribution in [0.25, 0.3) is 99.2 Å². The number of fused-ring (bicyclic) bond motifs is 10. The second-order valence-electron chi connectivity index (χ2n) is 32.2. The van der Waals surface area contributed by atoms with Gasteiger partial charge in [-0.15, -0.1) is 0 Å². The number of nitrogens with one attached hydrogen (secondary N) is 1. The number of aryl methyl sites for hydroxylation is 3. The molecule has 14 aromatic rings. The summed E-state index contributed by atoms with van der Waals surface area (Å²) in [6, 6.07) is 59.6. The van der Waals surface area contributed by atoms with Gasteiger partial charge in [-0.25, -0.2) is 0 Å². The lowest BCUT2D eigenvalue weighted by Crippen LogP contribution is -2.18. The maximum Gasteiger partial charge on any atom is 0.187 e. The zero-order valence-electron chi connectivity index (χ0n) is 71.7. The summed E-state index contributed by atoms with van der Waals surface area (Å²) in [6.07, 6.45) is 24.2. The van der Waals surface area contributed by atoms with E-state index in [0.717, 1.165) is 142 Å². The van der Waals surface area contributed by atoms with E-state index in [9.17, 15) is 48.6 Å². The number of hydrogen-bond donors (Lipinski definition) is 3. The van der Waals surface area contributed by atoms with Crippen molar-refractivity contribution in [2.75, 3.05) is 65.8 Å². The number of para-hydroxylation sites is 5. The molecule has 7 aromatic heterocycles. The molecular formula is C104H96N10O15. The van der Waals surface area contributed by atoms with Crippen molar-refractivity contribution in [1.82, 2.24) is 43.2 Å². The van der Waals surface area contributed by atoms with E-state index >= 15 is 0 Å². The number of aliphatic hydroxyl groups excluding tert-OH is 2. The normalized spacial score (nSPS) is 16.1. The van der Waals surface area contributed by atoms with E-state index in [-0.39, 0.29) is 91.2 Å². The molecule has 0 radical (unpaired) electrons. The van der Waals surface area contributed by atoms with Crippen molar-refractivity contribution in [1.29, 1.82) is 0 Å². The third kappa shape index (κ3) is 18.1. The van der Waals surface area contributed by atoms with Crippen LogP contribution < -0.4 is 19.5 Å². The summed E-state index contributed by atoms with van der Waals surface area (Å²) >= 11 is 0. The van der Waals surface area contributed by atoms with Gasteiger partial charge in [-0.3, -0.25) is 57.7 Å². The highest BCUT2D eigenvalue weighted by molar-refractivity contribution is 6.54. The van der Waals surface area contributed by atoms with E-state index in [2.05, 4.69) is 48.8 Å². The van der Waals surface area contributed by atoms with Gasteiger partial charge in [0.2, 0.25) is 0 Å². The number of methoxy groups -OCH3 is 2. The summed E-state index contributed by atoms with van der Waals surface area (Å²) in [6.45, 7) is 5.19. The van der Waals surface area contributed by atoms with Gasteiger partial charge < -0.3 is 52.9 Å². The average Bonchev–Trinajstić information content (AvgIpc) is 1.15. The van der Waals surface area contributed by atoms with Gasteiger partial charge in [-0.1, -0.05) is 121 Å². The minimum Gasteiger partial charge on any atom is -0.496 e. The predicted molar refractivity (Wildman–Crippen MR) is 495 cm³/mol. The van der Waals surface area contributed by atoms with Crippen molar-refractivity contribution in [2.45, 2.75) is 109 Å².